The van der Waals surface area contributed by atoms with Crippen molar-refractivity contribution in [2.75, 3.05) is 20.2 Å². The van der Waals surface area contributed by atoms with Crippen LogP contribution in [-0.4, -0.2) is 42.3 Å². The van der Waals surface area contributed by atoms with Gasteiger partial charge in [0.2, 0.25) is 5.88 Å². The fraction of sp³-hybridized carbons (Fsp3) is 0.385. The maximum Gasteiger partial charge on any atom is 0.224 e. The van der Waals surface area contributed by atoms with E-state index in [1.165, 1.54) is 6.33 Å². The number of hydrogen-bond donors (Lipinski definition) is 1. The van der Waals surface area contributed by atoms with Crippen LogP contribution in [-0.2, 0) is 0 Å². The molecule has 0 bridgehead atoms. The summed E-state index contributed by atoms with van der Waals surface area (Å²) in [5.41, 5.74) is 9.35. The van der Waals surface area contributed by atoms with Crippen LogP contribution in [0.1, 0.15) is 0 Å². The molecule has 8 nitrogen and oxygen atoms in total. The number of aromatic nitrogens is 2. The van der Waals surface area contributed by atoms with Crippen molar-refractivity contribution in [2.24, 2.45) is 5.11 Å². The van der Waals surface area contributed by atoms with Gasteiger partial charge in [-0.1, -0.05) is 5.11 Å². The predicted octanol–water partition coefficient (Wildman–Crippen LogP) is 1.67. The van der Waals surface area contributed by atoms with E-state index >= 15 is 0 Å². The fourth-order valence-corrected chi connectivity index (χ4v) is 2.32. The highest BCUT2D eigenvalue weighted by molar-refractivity contribution is 5.84. The molecule has 0 saturated carbocycles. The summed E-state index contributed by atoms with van der Waals surface area (Å²) in [6, 6.07) is 5.26. The van der Waals surface area contributed by atoms with Crippen molar-refractivity contribution < 1.29 is 9.47 Å². The Hall–Kier alpha value is -2.57. The average molecular weight is 286 g/mol. The Balaban J connectivity index is 1.94. The Kier molecular flexibility index (Phi) is 3.72. The summed E-state index contributed by atoms with van der Waals surface area (Å²) in [6.07, 6.45) is 1.21. The molecule has 8 heteroatoms. The van der Waals surface area contributed by atoms with Crippen LogP contribution in [0.5, 0.6) is 11.6 Å². The van der Waals surface area contributed by atoms with Gasteiger partial charge in [-0.15, -0.1) is 0 Å². The quantitative estimate of drug-likeness (QED) is 0.523. The lowest BCUT2D eigenvalue weighted by Crippen LogP contribution is -2.28. The van der Waals surface area contributed by atoms with Gasteiger partial charge in [0.1, 0.15) is 18.2 Å². The highest BCUT2D eigenvalue weighted by Crippen LogP contribution is 2.27. The minimum atomic E-state index is -0.245. The molecule has 1 aromatic heterocycles. The third-order valence-electron chi connectivity index (χ3n) is 3.40. The molecule has 1 saturated heterocycles. The minimum absolute atomic E-state index is 0.245. The van der Waals surface area contributed by atoms with E-state index in [9.17, 15) is 0 Å². The molecule has 1 fully saturated rings. The number of fused-ring (bicyclic) bond motifs is 1. The summed E-state index contributed by atoms with van der Waals surface area (Å²) in [4.78, 5) is 11.2. The van der Waals surface area contributed by atoms with Gasteiger partial charge < -0.3 is 14.8 Å². The Labute approximate surface area is 120 Å². The third kappa shape index (κ3) is 2.67. The van der Waals surface area contributed by atoms with Crippen molar-refractivity contribution in [3.63, 3.8) is 0 Å². The smallest absolute Gasteiger partial charge is 0.224 e. The second kappa shape index (κ2) is 5.82. The van der Waals surface area contributed by atoms with Crippen LogP contribution in [0.2, 0.25) is 0 Å². The molecular formula is C13H14N6O2. The first-order valence-electron chi connectivity index (χ1n) is 6.52. The molecule has 108 valence electrons. The average Bonchev–Trinajstić information content (AvgIpc) is 2.95. The van der Waals surface area contributed by atoms with Crippen molar-refractivity contribution in [1.82, 2.24) is 15.3 Å². The van der Waals surface area contributed by atoms with Crippen LogP contribution in [0.15, 0.2) is 29.6 Å². The van der Waals surface area contributed by atoms with Gasteiger partial charge in [-0.25, -0.2) is 9.97 Å². The second-order valence-corrected chi connectivity index (χ2v) is 4.65. The van der Waals surface area contributed by atoms with Crippen molar-refractivity contribution in [2.45, 2.75) is 12.1 Å². The van der Waals surface area contributed by atoms with Gasteiger partial charge in [0.25, 0.3) is 0 Å². The van der Waals surface area contributed by atoms with E-state index in [1.54, 1.807) is 7.11 Å². The molecular weight excluding hydrogens is 272 g/mol. The minimum Gasteiger partial charge on any atom is -0.497 e. The highest BCUT2D eigenvalue weighted by atomic mass is 16.5. The first-order chi connectivity index (χ1) is 10.3. The Bertz CT molecular complexity index is 700. The molecule has 0 radical (unpaired) electrons. The molecule has 0 spiro atoms. The summed E-state index contributed by atoms with van der Waals surface area (Å²) in [7, 11) is 1.60. The third-order valence-corrected chi connectivity index (χ3v) is 3.40. The Morgan fingerprint density at radius 2 is 2.29 bits per heavy atom. The van der Waals surface area contributed by atoms with Crippen LogP contribution in [0.3, 0.4) is 0 Å². The van der Waals surface area contributed by atoms with Gasteiger partial charge in [-0.05, 0) is 23.7 Å². The molecule has 2 atom stereocenters. The summed E-state index contributed by atoms with van der Waals surface area (Å²) in [6.45, 7) is 1.21. The molecule has 3 rings (SSSR count). The first kappa shape index (κ1) is 13.4. The lowest BCUT2D eigenvalue weighted by Gasteiger charge is -2.17. The molecule has 2 heterocycles. The summed E-state index contributed by atoms with van der Waals surface area (Å²) < 4.78 is 11.1. The van der Waals surface area contributed by atoms with Crippen molar-refractivity contribution in [3.05, 3.63) is 35.0 Å². The summed E-state index contributed by atoms with van der Waals surface area (Å²) in [5, 5.41) is 7.65. The zero-order valence-corrected chi connectivity index (χ0v) is 11.4. The number of azide groups is 1. The zero-order valence-electron chi connectivity index (χ0n) is 11.4. The van der Waals surface area contributed by atoms with E-state index in [0.29, 0.717) is 24.7 Å². The topological polar surface area (TPSA) is 105 Å². The standard InChI is InChI=1S/C13H14N6O2/c1-20-8-2-3-10-9(4-8)13(17-7-16-10)21-12-6-15-5-11(12)18-19-14/h2-4,7,11-12,15H,5-6H2,1H3/t11-,12-/m1/s1. The molecule has 1 N–H and O–H groups in total. The van der Waals surface area contributed by atoms with Crippen LogP contribution in [0, 0.1) is 0 Å². The van der Waals surface area contributed by atoms with E-state index in [4.69, 9.17) is 15.0 Å². The molecule has 0 aliphatic carbocycles. The first-order valence-corrected chi connectivity index (χ1v) is 6.52. The van der Waals surface area contributed by atoms with E-state index in [2.05, 4.69) is 25.3 Å². The van der Waals surface area contributed by atoms with Crippen molar-refractivity contribution in [3.8, 4) is 11.6 Å². The van der Waals surface area contributed by atoms with Crippen molar-refractivity contribution >= 4 is 10.9 Å². The lowest BCUT2D eigenvalue weighted by molar-refractivity contribution is 0.200. The predicted molar refractivity (Wildman–Crippen MR) is 76.3 cm³/mol. The fourth-order valence-electron chi connectivity index (χ4n) is 2.32. The van der Waals surface area contributed by atoms with Gasteiger partial charge in [-0.2, -0.15) is 0 Å². The Morgan fingerprint density at radius 1 is 1.38 bits per heavy atom. The number of hydrogen-bond acceptors (Lipinski definition) is 6. The van der Waals surface area contributed by atoms with Crippen LogP contribution in [0.25, 0.3) is 21.3 Å². The number of nitrogens with zero attached hydrogens (tertiary/aromatic N) is 5. The monoisotopic (exact) mass is 286 g/mol. The molecule has 1 aliphatic heterocycles. The van der Waals surface area contributed by atoms with E-state index < -0.39 is 0 Å². The molecule has 0 amide bonds. The van der Waals surface area contributed by atoms with Crippen LogP contribution < -0.4 is 14.8 Å². The van der Waals surface area contributed by atoms with E-state index in [-0.39, 0.29) is 12.1 Å². The number of benzene rings is 1. The second-order valence-electron chi connectivity index (χ2n) is 4.65. The van der Waals surface area contributed by atoms with Crippen LogP contribution >= 0.6 is 0 Å². The summed E-state index contributed by atoms with van der Waals surface area (Å²) >= 11 is 0. The normalized spacial score (nSPS) is 21.0. The number of ether oxygens (including phenoxy) is 2. The van der Waals surface area contributed by atoms with Crippen LogP contribution in [0.4, 0.5) is 0 Å². The number of nitrogens with one attached hydrogen (secondary N) is 1. The molecule has 1 aliphatic rings. The maximum absolute atomic E-state index is 8.58. The zero-order chi connectivity index (χ0) is 14.7. The van der Waals surface area contributed by atoms with Gasteiger partial charge >= 0.3 is 0 Å². The molecule has 1 aromatic carbocycles. The number of rotatable bonds is 4. The number of methoxy groups -OCH3 is 1. The van der Waals surface area contributed by atoms with Gasteiger partial charge in [0, 0.05) is 18.0 Å². The highest BCUT2D eigenvalue weighted by Gasteiger charge is 2.28. The van der Waals surface area contributed by atoms with Crippen molar-refractivity contribution in [1.29, 1.82) is 0 Å². The van der Waals surface area contributed by atoms with Gasteiger partial charge in [0.05, 0.1) is 24.1 Å². The Morgan fingerprint density at radius 3 is 3.10 bits per heavy atom. The molecule has 21 heavy (non-hydrogen) atoms. The SMILES string of the molecule is COc1ccc2ncnc(O[C@@H]3CNC[C@H]3N=[N+]=[N-])c2c1. The largest absolute Gasteiger partial charge is 0.497 e. The van der Waals surface area contributed by atoms with E-state index in [1.807, 2.05) is 18.2 Å². The summed E-state index contributed by atoms with van der Waals surface area (Å²) in [5.74, 6) is 1.17. The lowest BCUT2D eigenvalue weighted by atomic mass is 10.2. The van der Waals surface area contributed by atoms with Gasteiger partial charge in [0.15, 0.2) is 0 Å². The molecule has 2 aromatic rings. The maximum atomic E-state index is 8.58. The van der Waals surface area contributed by atoms with Gasteiger partial charge in [-0.3, -0.25) is 0 Å². The molecule has 0 unspecified atom stereocenters. The van der Waals surface area contributed by atoms with E-state index in [0.717, 1.165) is 10.9 Å².